The first-order valence-corrected chi connectivity index (χ1v) is 3.84. The Bertz CT molecular complexity index is 132. The van der Waals surface area contributed by atoms with Gasteiger partial charge < -0.3 is 15.4 Å². The fraction of sp³-hybridized carbons (Fsp3) is 0.857. The molecule has 1 unspecified atom stereocenters. The Balaban J connectivity index is 2.17. The molecule has 4 heteroatoms. The summed E-state index contributed by atoms with van der Waals surface area (Å²) in [7, 11) is 1.56. The highest BCUT2D eigenvalue weighted by Gasteiger charge is 2.20. The summed E-state index contributed by atoms with van der Waals surface area (Å²) in [4.78, 5) is 11.2. The normalized spacial score (nSPS) is 23.5. The lowest BCUT2D eigenvalue weighted by molar-refractivity contribution is -0.124. The SMILES string of the molecule is COCNC(=O)C1CCCN1. The number of nitrogens with one attached hydrogen (secondary N) is 2. The molecule has 1 amide bonds. The minimum absolute atomic E-state index is 0.00477. The Morgan fingerprint density at radius 2 is 2.64 bits per heavy atom. The van der Waals surface area contributed by atoms with Crippen molar-refractivity contribution in [1.82, 2.24) is 10.6 Å². The van der Waals surface area contributed by atoms with Gasteiger partial charge in [-0.25, -0.2) is 0 Å². The molecule has 2 N–H and O–H groups in total. The van der Waals surface area contributed by atoms with E-state index in [0.29, 0.717) is 6.73 Å². The third-order valence-electron chi connectivity index (χ3n) is 1.77. The van der Waals surface area contributed by atoms with Crippen LogP contribution in [-0.2, 0) is 9.53 Å². The molecule has 1 saturated heterocycles. The topological polar surface area (TPSA) is 50.4 Å². The van der Waals surface area contributed by atoms with Gasteiger partial charge in [0.05, 0.1) is 6.04 Å². The van der Waals surface area contributed by atoms with Crippen molar-refractivity contribution in [2.24, 2.45) is 0 Å². The van der Waals surface area contributed by atoms with E-state index in [9.17, 15) is 4.79 Å². The molecule has 1 rings (SSSR count). The molecule has 1 aliphatic heterocycles. The summed E-state index contributed by atoms with van der Waals surface area (Å²) in [5.74, 6) is 0.0457. The van der Waals surface area contributed by atoms with E-state index in [1.165, 1.54) is 0 Å². The molecular weight excluding hydrogens is 144 g/mol. The van der Waals surface area contributed by atoms with Crippen LogP contribution in [0.2, 0.25) is 0 Å². The fourth-order valence-electron chi connectivity index (χ4n) is 1.17. The third-order valence-corrected chi connectivity index (χ3v) is 1.77. The highest BCUT2D eigenvalue weighted by atomic mass is 16.5. The van der Waals surface area contributed by atoms with Gasteiger partial charge in [0, 0.05) is 7.11 Å². The van der Waals surface area contributed by atoms with E-state index in [-0.39, 0.29) is 11.9 Å². The number of methoxy groups -OCH3 is 1. The van der Waals surface area contributed by atoms with Gasteiger partial charge in [0.2, 0.25) is 5.91 Å². The lowest BCUT2D eigenvalue weighted by atomic mass is 10.2. The van der Waals surface area contributed by atoms with Crippen LogP contribution in [0.25, 0.3) is 0 Å². The number of carbonyl (C=O) groups is 1. The van der Waals surface area contributed by atoms with Gasteiger partial charge in [0.1, 0.15) is 6.73 Å². The molecule has 64 valence electrons. The van der Waals surface area contributed by atoms with Gasteiger partial charge in [-0.15, -0.1) is 0 Å². The van der Waals surface area contributed by atoms with Crippen molar-refractivity contribution in [3.05, 3.63) is 0 Å². The number of carbonyl (C=O) groups excluding carboxylic acids is 1. The Kier molecular flexibility index (Phi) is 3.32. The maximum absolute atomic E-state index is 11.2. The maximum Gasteiger partial charge on any atom is 0.238 e. The molecule has 0 aromatic carbocycles. The van der Waals surface area contributed by atoms with E-state index >= 15 is 0 Å². The zero-order chi connectivity index (χ0) is 8.10. The van der Waals surface area contributed by atoms with Crippen LogP contribution in [-0.4, -0.2) is 32.3 Å². The summed E-state index contributed by atoms with van der Waals surface area (Å²) in [5, 5.41) is 5.75. The molecule has 0 aromatic heterocycles. The Morgan fingerprint density at radius 3 is 3.18 bits per heavy atom. The predicted octanol–water partition coefficient (Wildman–Crippen LogP) is -0.542. The molecule has 1 fully saturated rings. The molecule has 0 aromatic rings. The van der Waals surface area contributed by atoms with E-state index in [1.807, 2.05) is 0 Å². The van der Waals surface area contributed by atoms with Gasteiger partial charge in [-0.3, -0.25) is 4.79 Å². The number of rotatable bonds is 3. The molecule has 0 radical (unpaired) electrons. The van der Waals surface area contributed by atoms with Crippen LogP contribution < -0.4 is 10.6 Å². The summed E-state index contributed by atoms with van der Waals surface area (Å²) in [6.07, 6.45) is 2.03. The van der Waals surface area contributed by atoms with Crippen LogP contribution in [0.4, 0.5) is 0 Å². The summed E-state index contributed by atoms with van der Waals surface area (Å²) in [6, 6.07) is 0.00477. The molecular formula is C7H14N2O2. The summed E-state index contributed by atoms with van der Waals surface area (Å²) in [6.45, 7) is 1.25. The van der Waals surface area contributed by atoms with E-state index in [0.717, 1.165) is 19.4 Å². The van der Waals surface area contributed by atoms with Crippen molar-refractivity contribution in [3.8, 4) is 0 Å². The summed E-state index contributed by atoms with van der Waals surface area (Å²) >= 11 is 0. The molecule has 0 bridgehead atoms. The van der Waals surface area contributed by atoms with Crippen LogP contribution >= 0.6 is 0 Å². The first-order chi connectivity index (χ1) is 5.34. The Labute approximate surface area is 66.3 Å². The maximum atomic E-state index is 11.2. The van der Waals surface area contributed by atoms with Crippen LogP contribution in [0.1, 0.15) is 12.8 Å². The Hall–Kier alpha value is -0.610. The standard InChI is InChI=1S/C7H14N2O2/c1-11-5-9-7(10)6-3-2-4-8-6/h6,8H,2-5H2,1H3,(H,9,10). The lowest BCUT2D eigenvalue weighted by Gasteiger charge is -2.09. The van der Waals surface area contributed by atoms with E-state index in [2.05, 4.69) is 10.6 Å². The Morgan fingerprint density at radius 1 is 1.82 bits per heavy atom. The van der Waals surface area contributed by atoms with E-state index in [1.54, 1.807) is 7.11 Å². The first kappa shape index (κ1) is 8.49. The smallest absolute Gasteiger partial charge is 0.238 e. The summed E-state index contributed by atoms with van der Waals surface area (Å²) < 4.78 is 4.71. The van der Waals surface area contributed by atoms with Crippen molar-refractivity contribution in [3.63, 3.8) is 0 Å². The molecule has 1 atom stereocenters. The molecule has 0 saturated carbocycles. The average molecular weight is 158 g/mol. The zero-order valence-corrected chi connectivity index (χ0v) is 6.72. The average Bonchev–Trinajstić information content (AvgIpc) is 2.52. The van der Waals surface area contributed by atoms with E-state index < -0.39 is 0 Å². The van der Waals surface area contributed by atoms with Gasteiger partial charge in [-0.2, -0.15) is 0 Å². The number of hydrogen-bond donors (Lipinski definition) is 2. The second-order valence-corrected chi connectivity index (χ2v) is 2.62. The second kappa shape index (κ2) is 4.31. The van der Waals surface area contributed by atoms with Crippen LogP contribution in [0.5, 0.6) is 0 Å². The van der Waals surface area contributed by atoms with Crippen molar-refractivity contribution < 1.29 is 9.53 Å². The largest absolute Gasteiger partial charge is 0.364 e. The zero-order valence-electron chi connectivity index (χ0n) is 6.72. The second-order valence-electron chi connectivity index (χ2n) is 2.62. The molecule has 11 heavy (non-hydrogen) atoms. The van der Waals surface area contributed by atoms with Crippen molar-refractivity contribution in [2.45, 2.75) is 18.9 Å². The molecule has 4 nitrogen and oxygen atoms in total. The molecule has 1 heterocycles. The highest BCUT2D eigenvalue weighted by molar-refractivity contribution is 5.81. The first-order valence-electron chi connectivity index (χ1n) is 3.84. The van der Waals surface area contributed by atoms with Crippen LogP contribution in [0.15, 0.2) is 0 Å². The van der Waals surface area contributed by atoms with Gasteiger partial charge in [0.25, 0.3) is 0 Å². The van der Waals surface area contributed by atoms with Crippen molar-refractivity contribution in [1.29, 1.82) is 0 Å². The molecule has 1 aliphatic rings. The predicted molar refractivity (Wildman–Crippen MR) is 41.0 cm³/mol. The van der Waals surface area contributed by atoms with Gasteiger partial charge in [-0.05, 0) is 19.4 Å². The van der Waals surface area contributed by atoms with Crippen molar-refractivity contribution in [2.75, 3.05) is 20.4 Å². The highest BCUT2D eigenvalue weighted by Crippen LogP contribution is 2.03. The van der Waals surface area contributed by atoms with Gasteiger partial charge in [0.15, 0.2) is 0 Å². The van der Waals surface area contributed by atoms with Gasteiger partial charge >= 0.3 is 0 Å². The minimum atomic E-state index is 0.00477. The molecule has 0 spiro atoms. The van der Waals surface area contributed by atoms with Crippen LogP contribution in [0.3, 0.4) is 0 Å². The fourth-order valence-corrected chi connectivity index (χ4v) is 1.17. The van der Waals surface area contributed by atoms with Crippen molar-refractivity contribution >= 4 is 5.91 Å². The van der Waals surface area contributed by atoms with Gasteiger partial charge in [-0.1, -0.05) is 0 Å². The molecule has 0 aliphatic carbocycles. The number of hydrogen-bond acceptors (Lipinski definition) is 3. The minimum Gasteiger partial charge on any atom is -0.364 e. The quantitative estimate of drug-likeness (QED) is 0.542. The third kappa shape index (κ3) is 2.48. The number of amides is 1. The monoisotopic (exact) mass is 158 g/mol. The van der Waals surface area contributed by atoms with Crippen LogP contribution in [0, 0.1) is 0 Å². The van der Waals surface area contributed by atoms with E-state index in [4.69, 9.17) is 4.74 Å². The number of ether oxygens (including phenoxy) is 1. The lowest BCUT2D eigenvalue weighted by Crippen LogP contribution is -2.41. The summed E-state index contributed by atoms with van der Waals surface area (Å²) in [5.41, 5.74) is 0.